The summed E-state index contributed by atoms with van der Waals surface area (Å²) in [6, 6.07) is 9.14. The van der Waals surface area contributed by atoms with Gasteiger partial charge in [0, 0.05) is 13.0 Å². The maximum atomic E-state index is 12.1. The SMILES string of the molecule is Cc1ccc(S(=O)(=O)NC(=O)NCCc2nc(-c3cccs3)no2)cc1. The van der Waals surface area contributed by atoms with E-state index in [2.05, 4.69) is 15.5 Å². The molecule has 0 unspecified atom stereocenters. The van der Waals surface area contributed by atoms with Crippen molar-refractivity contribution in [1.29, 1.82) is 0 Å². The van der Waals surface area contributed by atoms with Crippen molar-refractivity contribution in [2.75, 3.05) is 6.54 Å². The number of benzene rings is 1. The summed E-state index contributed by atoms with van der Waals surface area (Å²) in [5.41, 5.74) is 0.926. The lowest BCUT2D eigenvalue weighted by atomic mass is 10.2. The molecule has 2 heterocycles. The second-order valence-corrected chi connectivity index (χ2v) is 8.04. The molecule has 2 amide bonds. The van der Waals surface area contributed by atoms with Gasteiger partial charge in [0.15, 0.2) is 0 Å². The summed E-state index contributed by atoms with van der Waals surface area (Å²) >= 11 is 1.49. The van der Waals surface area contributed by atoms with Gasteiger partial charge in [-0.15, -0.1) is 11.3 Å². The van der Waals surface area contributed by atoms with Crippen molar-refractivity contribution in [2.45, 2.75) is 18.2 Å². The zero-order valence-electron chi connectivity index (χ0n) is 13.8. The van der Waals surface area contributed by atoms with Crippen molar-refractivity contribution in [1.82, 2.24) is 20.2 Å². The van der Waals surface area contributed by atoms with Crippen molar-refractivity contribution in [3.05, 3.63) is 53.2 Å². The normalized spacial score (nSPS) is 11.3. The minimum atomic E-state index is -3.91. The first-order valence-electron chi connectivity index (χ1n) is 7.68. The molecule has 0 saturated heterocycles. The zero-order chi connectivity index (χ0) is 18.6. The Bertz CT molecular complexity index is 980. The Hall–Kier alpha value is -2.72. The highest BCUT2D eigenvalue weighted by molar-refractivity contribution is 7.90. The number of aromatic nitrogens is 2. The maximum absolute atomic E-state index is 12.1. The quantitative estimate of drug-likeness (QED) is 0.665. The molecule has 1 aromatic carbocycles. The molecule has 0 aliphatic heterocycles. The van der Waals surface area contributed by atoms with Crippen molar-refractivity contribution >= 4 is 27.4 Å². The third-order valence-electron chi connectivity index (χ3n) is 3.39. The van der Waals surface area contributed by atoms with E-state index in [0.717, 1.165) is 10.4 Å². The predicted octanol–water partition coefficient (Wildman–Crippen LogP) is 2.34. The molecule has 0 spiro atoms. The molecular formula is C16H16N4O4S2. The summed E-state index contributed by atoms with van der Waals surface area (Å²) in [4.78, 5) is 16.9. The number of rotatable bonds is 6. The lowest BCUT2D eigenvalue weighted by Crippen LogP contribution is -2.40. The van der Waals surface area contributed by atoms with Gasteiger partial charge in [-0.2, -0.15) is 4.98 Å². The topological polar surface area (TPSA) is 114 Å². The fourth-order valence-electron chi connectivity index (χ4n) is 2.08. The average Bonchev–Trinajstić information content (AvgIpc) is 3.26. The Labute approximate surface area is 154 Å². The third-order valence-corrected chi connectivity index (χ3v) is 5.61. The van der Waals surface area contributed by atoms with E-state index in [1.54, 1.807) is 12.1 Å². The Kier molecular flexibility index (Phi) is 5.33. The number of carbonyl (C=O) groups is 1. The lowest BCUT2D eigenvalue weighted by molar-refractivity contribution is 0.245. The monoisotopic (exact) mass is 392 g/mol. The van der Waals surface area contributed by atoms with Crippen molar-refractivity contribution < 1.29 is 17.7 Å². The molecule has 0 saturated carbocycles. The molecule has 26 heavy (non-hydrogen) atoms. The van der Waals surface area contributed by atoms with Gasteiger partial charge in [0.1, 0.15) is 0 Å². The molecule has 0 fully saturated rings. The van der Waals surface area contributed by atoms with E-state index in [1.807, 2.05) is 29.2 Å². The van der Waals surface area contributed by atoms with Gasteiger partial charge < -0.3 is 9.84 Å². The number of urea groups is 1. The summed E-state index contributed by atoms with van der Waals surface area (Å²) in [6.45, 7) is 2.00. The molecule has 3 rings (SSSR count). The van der Waals surface area contributed by atoms with E-state index >= 15 is 0 Å². The molecule has 0 radical (unpaired) electrons. The second-order valence-electron chi connectivity index (χ2n) is 5.41. The van der Waals surface area contributed by atoms with Crippen LogP contribution in [0.15, 0.2) is 51.2 Å². The van der Waals surface area contributed by atoms with Crippen molar-refractivity contribution in [3.8, 4) is 10.7 Å². The first kappa shape index (κ1) is 18.1. The Balaban J connectivity index is 1.50. The number of hydrogen-bond donors (Lipinski definition) is 2. The van der Waals surface area contributed by atoms with Crippen LogP contribution in [0, 0.1) is 6.92 Å². The number of amides is 2. The summed E-state index contributed by atoms with van der Waals surface area (Å²) < 4.78 is 31.3. The van der Waals surface area contributed by atoms with E-state index in [9.17, 15) is 13.2 Å². The van der Waals surface area contributed by atoms with Crippen LogP contribution in [-0.2, 0) is 16.4 Å². The molecule has 0 bridgehead atoms. The van der Waals surface area contributed by atoms with Gasteiger partial charge in [-0.3, -0.25) is 0 Å². The molecule has 136 valence electrons. The smallest absolute Gasteiger partial charge is 0.328 e. The van der Waals surface area contributed by atoms with Crippen LogP contribution in [-0.4, -0.2) is 31.1 Å². The van der Waals surface area contributed by atoms with E-state index in [0.29, 0.717) is 11.7 Å². The highest BCUT2D eigenvalue weighted by atomic mass is 32.2. The van der Waals surface area contributed by atoms with Crippen LogP contribution in [0.4, 0.5) is 4.79 Å². The van der Waals surface area contributed by atoms with Crippen LogP contribution < -0.4 is 10.0 Å². The van der Waals surface area contributed by atoms with Crippen LogP contribution in [0.3, 0.4) is 0 Å². The Morgan fingerprint density at radius 1 is 1.23 bits per heavy atom. The van der Waals surface area contributed by atoms with E-state index in [4.69, 9.17) is 4.52 Å². The van der Waals surface area contributed by atoms with Crippen LogP contribution in [0.25, 0.3) is 10.7 Å². The minimum absolute atomic E-state index is 0.0238. The van der Waals surface area contributed by atoms with Gasteiger partial charge in [0.2, 0.25) is 11.7 Å². The van der Waals surface area contributed by atoms with Gasteiger partial charge in [0.25, 0.3) is 10.0 Å². The first-order valence-corrected chi connectivity index (χ1v) is 10.0. The second kappa shape index (κ2) is 7.67. The molecule has 8 nitrogen and oxygen atoms in total. The lowest BCUT2D eigenvalue weighted by Gasteiger charge is -2.08. The maximum Gasteiger partial charge on any atom is 0.328 e. The number of aryl methyl sites for hydroxylation is 1. The highest BCUT2D eigenvalue weighted by Crippen LogP contribution is 2.21. The Morgan fingerprint density at radius 3 is 2.69 bits per heavy atom. The van der Waals surface area contributed by atoms with Crippen molar-refractivity contribution in [3.63, 3.8) is 0 Å². The number of nitrogens with zero attached hydrogens (tertiary/aromatic N) is 2. The fourth-order valence-corrected chi connectivity index (χ4v) is 3.66. The summed E-state index contributed by atoms with van der Waals surface area (Å²) in [5.74, 6) is 0.844. The third kappa shape index (κ3) is 4.46. The first-order chi connectivity index (χ1) is 12.4. The Morgan fingerprint density at radius 2 is 2.00 bits per heavy atom. The van der Waals surface area contributed by atoms with Gasteiger partial charge in [-0.05, 0) is 30.5 Å². The number of sulfonamides is 1. The number of hydrogen-bond acceptors (Lipinski definition) is 7. The molecule has 2 N–H and O–H groups in total. The molecule has 2 aromatic heterocycles. The van der Waals surface area contributed by atoms with Gasteiger partial charge >= 0.3 is 6.03 Å². The van der Waals surface area contributed by atoms with E-state index in [1.165, 1.54) is 23.5 Å². The van der Waals surface area contributed by atoms with Crippen LogP contribution in [0.2, 0.25) is 0 Å². The van der Waals surface area contributed by atoms with Crippen LogP contribution >= 0.6 is 11.3 Å². The fraction of sp³-hybridized carbons (Fsp3) is 0.188. The van der Waals surface area contributed by atoms with Gasteiger partial charge in [0.05, 0.1) is 9.77 Å². The van der Waals surface area contributed by atoms with E-state index < -0.39 is 16.1 Å². The number of nitrogens with one attached hydrogen (secondary N) is 2. The van der Waals surface area contributed by atoms with E-state index in [-0.39, 0.29) is 17.9 Å². The largest absolute Gasteiger partial charge is 0.339 e. The summed E-state index contributed by atoms with van der Waals surface area (Å²) in [7, 11) is -3.91. The molecule has 10 heteroatoms. The van der Waals surface area contributed by atoms with Gasteiger partial charge in [-0.1, -0.05) is 28.9 Å². The zero-order valence-corrected chi connectivity index (χ0v) is 15.4. The summed E-state index contributed by atoms with van der Waals surface area (Å²) in [5, 5.41) is 8.23. The van der Waals surface area contributed by atoms with Crippen molar-refractivity contribution in [2.24, 2.45) is 0 Å². The standard InChI is InChI=1S/C16H16N4O4S2/c1-11-4-6-12(7-5-11)26(22,23)20-16(21)17-9-8-14-18-15(19-24-14)13-3-2-10-25-13/h2-7,10H,8-9H2,1H3,(H2,17,20,21). The van der Waals surface area contributed by atoms with Crippen LogP contribution in [0.5, 0.6) is 0 Å². The number of carbonyl (C=O) groups excluding carboxylic acids is 1. The average molecular weight is 392 g/mol. The van der Waals surface area contributed by atoms with Gasteiger partial charge in [-0.25, -0.2) is 17.9 Å². The number of thiophene rings is 1. The highest BCUT2D eigenvalue weighted by Gasteiger charge is 2.17. The molecule has 0 atom stereocenters. The predicted molar refractivity (Wildman–Crippen MR) is 96.2 cm³/mol. The van der Waals surface area contributed by atoms with Crippen LogP contribution in [0.1, 0.15) is 11.5 Å². The minimum Gasteiger partial charge on any atom is -0.339 e. The molecule has 0 aliphatic carbocycles. The summed E-state index contributed by atoms with van der Waals surface area (Å²) in [6.07, 6.45) is 0.288. The molecular weight excluding hydrogens is 376 g/mol. The molecule has 3 aromatic rings. The molecule has 0 aliphatic rings.